The van der Waals surface area contributed by atoms with Crippen LogP contribution in [0, 0.1) is 5.92 Å². The Labute approximate surface area is 123 Å². The number of esters is 1. The van der Waals surface area contributed by atoms with Crippen molar-refractivity contribution in [2.24, 2.45) is 5.92 Å². The lowest BCUT2D eigenvalue weighted by Crippen LogP contribution is -2.40. The quantitative estimate of drug-likeness (QED) is 0.674. The number of rotatable bonds is 4. The molecule has 0 aromatic carbocycles. The van der Waals surface area contributed by atoms with E-state index in [9.17, 15) is 9.90 Å². The second kappa shape index (κ2) is 7.02. The smallest absolute Gasteiger partial charge is 0.334 e. The predicted molar refractivity (Wildman–Crippen MR) is 75.3 cm³/mol. The van der Waals surface area contributed by atoms with Crippen molar-refractivity contribution >= 4 is 17.6 Å². The maximum absolute atomic E-state index is 11.3. The molecule has 6 heteroatoms. The molecule has 1 aliphatic rings. The van der Waals surface area contributed by atoms with Crippen molar-refractivity contribution in [2.75, 3.05) is 20.2 Å². The number of likely N-dealkylation sites (tertiary alicyclic amines) is 1. The van der Waals surface area contributed by atoms with Gasteiger partial charge < -0.3 is 9.84 Å². The Morgan fingerprint density at radius 3 is 2.90 bits per heavy atom. The third-order valence-electron chi connectivity index (χ3n) is 3.72. The molecule has 2 rings (SSSR count). The van der Waals surface area contributed by atoms with Crippen LogP contribution in [0.4, 0.5) is 0 Å². The summed E-state index contributed by atoms with van der Waals surface area (Å²) in [4.78, 5) is 17.6. The number of halogens is 1. The average molecular weight is 299 g/mol. The summed E-state index contributed by atoms with van der Waals surface area (Å²) in [6, 6.07) is 3.80. The van der Waals surface area contributed by atoms with Gasteiger partial charge in [-0.2, -0.15) is 0 Å². The van der Waals surface area contributed by atoms with Crippen molar-refractivity contribution in [2.45, 2.75) is 25.5 Å². The maximum atomic E-state index is 11.3. The molecule has 0 saturated carbocycles. The molecule has 2 heterocycles. The van der Waals surface area contributed by atoms with Crippen molar-refractivity contribution in [3.63, 3.8) is 0 Å². The van der Waals surface area contributed by atoms with Crippen molar-refractivity contribution in [1.29, 1.82) is 0 Å². The number of aromatic nitrogens is 1. The van der Waals surface area contributed by atoms with Crippen molar-refractivity contribution in [3.8, 4) is 0 Å². The van der Waals surface area contributed by atoms with Gasteiger partial charge in [-0.1, -0.05) is 11.6 Å². The van der Waals surface area contributed by atoms with Crippen LogP contribution in [0.3, 0.4) is 0 Å². The lowest BCUT2D eigenvalue weighted by atomic mass is 9.91. The standard InChI is InChI=1S/C14H19ClN2O3/c1-20-14(19)13(18)11-3-6-17(7-4-11)9-10-2-5-16-12(15)8-10/h2,5,8,11,13,18H,3-4,6-7,9H2,1H3. The minimum atomic E-state index is -1.00. The molecule has 0 spiro atoms. The minimum Gasteiger partial charge on any atom is -0.467 e. The molecule has 20 heavy (non-hydrogen) atoms. The molecule has 110 valence electrons. The molecule has 0 radical (unpaired) electrons. The first-order valence-electron chi connectivity index (χ1n) is 6.69. The van der Waals surface area contributed by atoms with Gasteiger partial charge in [-0.25, -0.2) is 9.78 Å². The Morgan fingerprint density at radius 1 is 1.60 bits per heavy atom. The molecule has 1 aromatic rings. The normalized spacial score (nSPS) is 18.8. The molecule has 1 aliphatic heterocycles. The van der Waals surface area contributed by atoms with Gasteiger partial charge in [0.05, 0.1) is 7.11 Å². The van der Waals surface area contributed by atoms with Gasteiger partial charge in [-0.3, -0.25) is 4.90 Å². The molecule has 5 nitrogen and oxygen atoms in total. The second-order valence-corrected chi connectivity index (χ2v) is 5.46. The van der Waals surface area contributed by atoms with Gasteiger partial charge in [0.25, 0.3) is 0 Å². The first-order chi connectivity index (χ1) is 9.60. The van der Waals surface area contributed by atoms with Crippen LogP contribution in [0.2, 0.25) is 5.15 Å². The third-order valence-corrected chi connectivity index (χ3v) is 3.93. The number of methoxy groups -OCH3 is 1. The Hall–Kier alpha value is -1.17. The van der Waals surface area contributed by atoms with E-state index in [0.717, 1.165) is 38.0 Å². The van der Waals surface area contributed by atoms with Crippen molar-refractivity contribution in [3.05, 3.63) is 29.0 Å². The van der Waals surface area contributed by atoms with E-state index >= 15 is 0 Å². The third kappa shape index (κ3) is 3.91. The van der Waals surface area contributed by atoms with Gasteiger partial charge >= 0.3 is 5.97 Å². The lowest BCUT2D eigenvalue weighted by molar-refractivity contribution is -0.154. The summed E-state index contributed by atoms with van der Waals surface area (Å²) in [6.45, 7) is 2.50. The highest BCUT2D eigenvalue weighted by molar-refractivity contribution is 6.29. The van der Waals surface area contributed by atoms with Crippen molar-refractivity contribution < 1.29 is 14.6 Å². The van der Waals surface area contributed by atoms with E-state index in [-0.39, 0.29) is 5.92 Å². The highest BCUT2D eigenvalue weighted by Gasteiger charge is 2.30. The minimum absolute atomic E-state index is 0.0141. The fraction of sp³-hybridized carbons (Fsp3) is 0.571. The largest absolute Gasteiger partial charge is 0.467 e. The van der Waals surface area contributed by atoms with E-state index < -0.39 is 12.1 Å². The fourth-order valence-corrected chi connectivity index (χ4v) is 2.74. The van der Waals surface area contributed by atoms with E-state index in [1.165, 1.54) is 7.11 Å². The first-order valence-corrected chi connectivity index (χ1v) is 7.06. The molecular weight excluding hydrogens is 280 g/mol. The zero-order chi connectivity index (χ0) is 14.5. The molecule has 1 unspecified atom stereocenters. The number of carbonyl (C=O) groups is 1. The van der Waals surface area contributed by atoms with Crippen molar-refractivity contribution in [1.82, 2.24) is 9.88 Å². The van der Waals surface area contributed by atoms with E-state index in [2.05, 4.69) is 14.6 Å². The van der Waals surface area contributed by atoms with E-state index in [0.29, 0.717) is 5.15 Å². The topological polar surface area (TPSA) is 62.7 Å². The van der Waals surface area contributed by atoms with Gasteiger partial charge in [0.2, 0.25) is 0 Å². The highest BCUT2D eigenvalue weighted by Crippen LogP contribution is 2.23. The van der Waals surface area contributed by atoms with Crippen LogP contribution in [0.25, 0.3) is 0 Å². The molecule has 1 aromatic heterocycles. The van der Waals surface area contributed by atoms with Gasteiger partial charge in [0.15, 0.2) is 6.10 Å². The van der Waals surface area contributed by atoms with Crippen LogP contribution in [0.1, 0.15) is 18.4 Å². The molecule has 0 bridgehead atoms. The summed E-state index contributed by atoms with van der Waals surface area (Å²) in [5.41, 5.74) is 1.12. The van der Waals surface area contributed by atoms with E-state index in [4.69, 9.17) is 11.6 Å². The van der Waals surface area contributed by atoms with Crippen LogP contribution < -0.4 is 0 Å². The molecule has 1 saturated heterocycles. The second-order valence-electron chi connectivity index (χ2n) is 5.07. The number of nitrogens with zero attached hydrogens (tertiary/aromatic N) is 2. The zero-order valence-corrected chi connectivity index (χ0v) is 12.2. The number of hydrogen-bond donors (Lipinski definition) is 1. The first kappa shape index (κ1) is 15.2. The van der Waals surface area contributed by atoms with E-state index in [1.807, 2.05) is 12.1 Å². The summed E-state index contributed by atoms with van der Waals surface area (Å²) in [6.07, 6.45) is 2.27. The van der Waals surface area contributed by atoms with Crippen LogP contribution in [0.5, 0.6) is 0 Å². The highest BCUT2D eigenvalue weighted by atomic mass is 35.5. The van der Waals surface area contributed by atoms with Crippen LogP contribution in [-0.4, -0.2) is 47.3 Å². The van der Waals surface area contributed by atoms with Gasteiger partial charge in [-0.05, 0) is 49.5 Å². The number of pyridine rings is 1. The molecule has 0 amide bonds. The molecular formula is C14H19ClN2O3. The van der Waals surface area contributed by atoms with E-state index in [1.54, 1.807) is 6.20 Å². The lowest BCUT2D eigenvalue weighted by Gasteiger charge is -2.33. The van der Waals surface area contributed by atoms with Crippen LogP contribution in [-0.2, 0) is 16.1 Å². The Bertz CT molecular complexity index is 461. The number of aliphatic hydroxyl groups is 1. The van der Waals surface area contributed by atoms with Gasteiger partial charge in [0, 0.05) is 12.7 Å². The molecule has 1 N–H and O–H groups in total. The monoisotopic (exact) mass is 298 g/mol. The number of carbonyl (C=O) groups excluding carboxylic acids is 1. The predicted octanol–water partition coefficient (Wildman–Crippen LogP) is 1.48. The van der Waals surface area contributed by atoms with Gasteiger partial charge in [0.1, 0.15) is 5.15 Å². The molecule has 1 atom stereocenters. The van der Waals surface area contributed by atoms with Crippen LogP contribution >= 0.6 is 11.6 Å². The number of aliphatic hydroxyl groups excluding tert-OH is 1. The SMILES string of the molecule is COC(=O)C(O)C1CCN(Cc2ccnc(Cl)c2)CC1. The average Bonchev–Trinajstić information content (AvgIpc) is 2.46. The Balaban J connectivity index is 1.84. The number of hydrogen-bond acceptors (Lipinski definition) is 5. The summed E-state index contributed by atoms with van der Waals surface area (Å²) in [7, 11) is 1.30. The number of ether oxygens (including phenoxy) is 1. The Morgan fingerprint density at radius 2 is 2.30 bits per heavy atom. The fourth-order valence-electron chi connectivity index (χ4n) is 2.54. The summed E-state index contributed by atoms with van der Waals surface area (Å²) in [5.74, 6) is -0.552. The maximum Gasteiger partial charge on any atom is 0.334 e. The Kier molecular flexibility index (Phi) is 5.34. The summed E-state index contributed by atoms with van der Waals surface area (Å²) >= 11 is 5.86. The zero-order valence-electron chi connectivity index (χ0n) is 11.5. The summed E-state index contributed by atoms with van der Waals surface area (Å²) < 4.78 is 4.58. The summed E-state index contributed by atoms with van der Waals surface area (Å²) in [5, 5.41) is 10.3. The van der Waals surface area contributed by atoms with Gasteiger partial charge in [-0.15, -0.1) is 0 Å². The van der Waals surface area contributed by atoms with Crippen LogP contribution in [0.15, 0.2) is 18.3 Å². The number of piperidine rings is 1. The molecule has 0 aliphatic carbocycles. The molecule has 1 fully saturated rings.